The first-order chi connectivity index (χ1) is 8.94. The minimum atomic E-state index is -3.55. The van der Waals surface area contributed by atoms with Gasteiger partial charge in [-0.1, -0.05) is 12.1 Å². The molecule has 0 aliphatic carbocycles. The summed E-state index contributed by atoms with van der Waals surface area (Å²) in [6.07, 6.45) is 1.91. The smallest absolute Gasteiger partial charge is 0.271 e. The van der Waals surface area contributed by atoms with E-state index in [0.717, 1.165) is 13.2 Å². The number of hydrogen-bond acceptors (Lipinski definition) is 4. The van der Waals surface area contributed by atoms with Crippen molar-refractivity contribution < 1.29 is 8.42 Å². The minimum Gasteiger partial charge on any atom is -0.278 e. The van der Waals surface area contributed by atoms with Gasteiger partial charge in [-0.05, 0) is 56.3 Å². The predicted octanol–water partition coefficient (Wildman–Crippen LogP) is 4.80. The molecule has 1 heterocycles. The van der Waals surface area contributed by atoms with Crippen LogP contribution in [0.5, 0.6) is 0 Å². The molecule has 19 heavy (non-hydrogen) atoms. The highest BCUT2D eigenvalue weighted by Gasteiger charge is 2.19. The van der Waals surface area contributed by atoms with Gasteiger partial charge in [-0.3, -0.25) is 4.72 Å². The zero-order valence-electron chi connectivity index (χ0n) is 9.68. The lowest BCUT2D eigenvalue weighted by molar-refractivity contribution is 0.603. The standard InChI is InChI=1S/C11H9Br2NO2S3/c1-17-9-5-3-2-4-8(9)14-19(15,16)10-6-7(12)11(13)18-10/h2-6,14H,1H3. The highest BCUT2D eigenvalue weighted by Crippen LogP contribution is 2.36. The van der Waals surface area contributed by atoms with E-state index in [0.29, 0.717) is 5.69 Å². The number of thioether (sulfide) groups is 1. The fourth-order valence-electron chi connectivity index (χ4n) is 1.38. The van der Waals surface area contributed by atoms with Crippen LogP contribution in [0.2, 0.25) is 0 Å². The van der Waals surface area contributed by atoms with E-state index in [1.807, 2.05) is 18.4 Å². The molecule has 1 aromatic heterocycles. The molecule has 0 saturated carbocycles. The Morgan fingerprint density at radius 2 is 1.95 bits per heavy atom. The zero-order valence-corrected chi connectivity index (χ0v) is 15.3. The summed E-state index contributed by atoms with van der Waals surface area (Å²) in [6.45, 7) is 0. The van der Waals surface area contributed by atoms with E-state index in [9.17, 15) is 8.42 Å². The number of hydrogen-bond donors (Lipinski definition) is 1. The molecule has 0 aliphatic rings. The highest BCUT2D eigenvalue weighted by atomic mass is 79.9. The van der Waals surface area contributed by atoms with Gasteiger partial charge in [0, 0.05) is 9.37 Å². The van der Waals surface area contributed by atoms with E-state index in [-0.39, 0.29) is 4.21 Å². The fraction of sp³-hybridized carbons (Fsp3) is 0.0909. The Balaban J connectivity index is 2.36. The second kappa shape index (κ2) is 6.17. The monoisotopic (exact) mass is 441 g/mol. The van der Waals surface area contributed by atoms with Gasteiger partial charge in [-0.15, -0.1) is 23.1 Å². The van der Waals surface area contributed by atoms with Crippen molar-refractivity contribution in [2.45, 2.75) is 9.10 Å². The third-order valence-corrected chi connectivity index (χ3v) is 8.13. The molecule has 0 fully saturated rings. The second-order valence-electron chi connectivity index (χ2n) is 3.49. The molecule has 8 heteroatoms. The van der Waals surface area contributed by atoms with Gasteiger partial charge in [-0.25, -0.2) is 8.42 Å². The fourth-order valence-corrected chi connectivity index (χ4v) is 5.90. The van der Waals surface area contributed by atoms with Gasteiger partial charge >= 0.3 is 0 Å². The van der Waals surface area contributed by atoms with Crippen LogP contribution in [0.1, 0.15) is 0 Å². The van der Waals surface area contributed by atoms with E-state index < -0.39 is 10.0 Å². The van der Waals surface area contributed by atoms with Crippen LogP contribution in [0.25, 0.3) is 0 Å². The Hall–Kier alpha value is -0.0200. The van der Waals surface area contributed by atoms with E-state index in [4.69, 9.17) is 0 Å². The van der Waals surface area contributed by atoms with Crippen LogP contribution in [0.4, 0.5) is 5.69 Å². The Bertz CT molecular complexity index is 678. The SMILES string of the molecule is CSc1ccccc1NS(=O)(=O)c1cc(Br)c(Br)s1. The van der Waals surface area contributed by atoms with Crippen LogP contribution in [-0.2, 0) is 10.0 Å². The average molecular weight is 443 g/mol. The molecule has 2 rings (SSSR count). The third-order valence-electron chi connectivity index (χ3n) is 2.24. The predicted molar refractivity (Wildman–Crippen MR) is 88.8 cm³/mol. The summed E-state index contributed by atoms with van der Waals surface area (Å²) in [4.78, 5) is 0.890. The number of thiophene rings is 1. The summed E-state index contributed by atoms with van der Waals surface area (Å²) < 4.78 is 28.9. The lowest BCUT2D eigenvalue weighted by atomic mass is 10.3. The molecular weight excluding hydrogens is 434 g/mol. The number of halogens is 2. The molecular formula is C11H9Br2NO2S3. The quantitative estimate of drug-likeness (QED) is 0.692. The molecule has 0 saturated heterocycles. The lowest BCUT2D eigenvalue weighted by Gasteiger charge is -2.09. The third kappa shape index (κ3) is 3.55. The van der Waals surface area contributed by atoms with Crippen molar-refractivity contribution >= 4 is 70.7 Å². The number of sulfonamides is 1. The molecule has 0 aliphatic heterocycles. The van der Waals surface area contributed by atoms with Crippen LogP contribution in [0.15, 0.2) is 47.7 Å². The number of anilines is 1. The van der Waals surface area contributed by atoms with Crippen LogP contribution < -0.4 is 4.72 Å². The summed E-state index contributed by atoms with van der Waals surface area (Å²) in [5.74, 6) is 0. The topological polar surface area (TPSA) is 46.2 Å². The molecule has 0 bridgehead atoms. The first-order valence-corrected chi connectivity index (χ1v) is 10.2. The molecule has 102 valence electrons. The molecule has 0 radical (unpaired) electrons. The van der Waals surface area contributed by atoms with Gasteiger partial charge in [0.2, 0.25) is 0 Å². The first-order valence-electron chi connectivity index (χ1n) is 5.04. The Morgan fingerprint density at radius 1 is 1.26 bits per heavy atom. The van der Waals surface area contributed by atoms with Crippen LogP contribution in [0.3, 0.4) is 0 Å². The molecule has 0 amide bonds. The highest BCUT2D eigenvalue weighted by molar-refractivity contribution is 9.13. The van der Waals surface area contributed by atoms with Crippen molar-refractivity contribution in [1.82, 2.24) is 0 Å². The van der Waals surface area contributed by atoms with Gasteiger partial charge in [0.1, 0.15) is 4.21 Å². The van der Waals surface area contributed by atoms with Crippen LogP contribution in [-0.4, -0.2) is 14.7 Å². The van der Waals surface area contributed by atoms with Gasteiger partial charge in [0.15, 0.2) is 0 Å². The van der Waals surface area contributed by atoms with Gasteiger partial charge in [-0.2, -0.15) is 0 Å². The van der Waals surface area contributed by atoms with Gasteiger partial charge in [0.25, 0.3) is 10.0 Å². The molecule has 1 N–H and O–H groups in total. The molecule has 0 unspecified atom stereocenters. The van der Waals surface area contributed by atoms with Crippen molar-refractivity contribution in [3.8, 4) is 0 Å². The van der Waals surface area contributed by atoms with E-state index in [1.165, 1.54) is 23.1 Å². The van der Waals surface area contributed by atoms with Crippen molar-refractivity contribution in [2.24, 2.45) is 0 Å². The molecule has 0 spiro atoms. The van der Waals surface area contributed by atoms with Crippen molar-refractivity contribution in [1.29, 1.82) is 0 Å². The summed E-state index contributed by atoms with van der Waals surface area (Å²) in [6, 6.07) is 8.89. The first kappa shape index (κ1) is 15.4. The molecule has 0 atom stereocenters. The summed E-state index contributed by atoms with van der Waals surface area (Å²) in [7, 11) is -3.55. The zero-order chi connectivity index (χ0) is 14.0. The maximum Gasteiger partial charge on any atom is 0.271 e. The van der Waals surface area contributed by atoms with E-state index >= 15 is 0 Å². The maximum atomic E-state index is 12.3. The number of para-hydroxylation sites is 1. The van der Waals surface area contributed by atoms with Crippen molar-refractivity contribution in [3.63, 3.8) is 0 Å². The Kier molecular flexibility index (Phi) is 4.99. The Morgan fingerprint density at radius 3 is 2.53 bits per heavy atom. The van der Waals surface area contributed by atoms with Crippen LogP contribution in [0, 0.1) is 0 Å². The largest absolute Gasteiger partial charge is 0.278 e. The second-order valence-corrected chi connectivity index (χ2v) is 9.47. The number of nitrogens with one attached hydrogen (secondary N) is 1. The lowest BCUT2D eigenvalue weighted by Crippen LogP contribution is -2.12. The summed E-state index contributed by atoms with van der Waals surface area (Å²) in [5.41, 5.74) is 0.593. The van der Waals surface area contributed by atoms with Gasteiger partial charge < -0.3 is 0 Å². The van der Waals surface area contributed by atoms with Crippen LogP contribution >= 0.6 is 55.0 Å². The van der Waals surface area contributed by atoms with Crippen molar-refractivity contribution in [2.75, 3.05) is 11.0 Å². The van der Waals surface area contributed by atoms with E-state index in [1.54, 1.807) is 18.2 Å². The van der Waals surface area contributed by atoms with Gasteiger partial charge in [0.05, 0.1) is 9.47 Å². The summed E-state index contributed by atoms with van der Waals surface area (Å²) >= 11 is 9.25. The van der Waals surface area contributed by atoms with E-state index in [2.05, 4.69) is 36.6 Å². The number of benzene rings is 1. The number of rotatable bonds is 4. The van der Waals surface area contributed by atoms with Crippen molar-refractivity contribution in [3.05, 3.63) is 38.6 Å². The molecule has 3 nitrogen and oxygen atoms in total. The molecule has 2 aromatic rings. The average Bonchev–Trinajstić information content (AvgIpc) is 2.71. The summed E-state index contributed by atoms with van der Waals surface area (Å²) in [5, 5.41) is 0. The minimum absolute atomic E-state index is 0.266. The maximum absolute atomic E-state index is 12.3. The Labute approximate surface area is 137 Å². The normalized spacial score (nSPS) is 11.5. The molecule has 1 aromatic carbocycles.